The topological polar surface area (TPSA) is 0 Å². The predicted molar refractivity (Wildman–Crippen MR) is 95.6 cm³/mol. The van der Waals surface area contributed by atoms with E-state index in [2.05, 4.69) is 74.0 Å². The van der Waals surface area contributed by atoms with Gasteiger partial charge in [-0.05, 0) is 0 Å². The summed E-state index contributed by atoms with van der Waals surface area (Å²) >= 11 is -1.77. The zero-order valence-electron chi connectivity index (χ0n) is 13.0. The molecule has 106 valence electrons. The molecule has 1 aliphatic rings. The Labute approximate surface area is 129 Å². The average molecular weight is 339 g/mol. The molecule has 1 heteroatoms. The maximum absolute atomic E-state index is 2.51. The second kappa shape index (κ2) is 4.22. The first-order chi connectivity index (χ1) is 10.00. The van der Waals surface area contributed by atoms with Crippen molar-refractivity contribution in [2.75, 3.05) is 0 Å². The first-order valence-electron chi connectivity index (χ1n) is 7.37. The molecule has 4 rings (SSSR count). The van der Waals surface area contributed by atoms with E-state index in [9.17, 15) is 0 Å². The summed E-state index contributed by atoms with van der Waals surface area (Å²) in [5, 5.41) is 2.83. The van der Waals surface area contributed by atoms with E-state index in [1.165, 1.54) is 33.0 Å². The van der Waals surface area contributed by atoms with Crippen molar-refractivity contribution in [2.45, 2.75) is 25.5 Å². The van der Waals surface area contributed by atoms with Crippen LogP contribution in [-0.2, 0) is 0 Å². The van der Waals surface area contributed by atoms with Crippen LogP contribution in [0.3, 0.4) is 0 Å². The van der Waals surface area contributed by atoms with Crippen LogP contribution in [0.1, 0.15) is 11.1 Å². The van der Waals surface area contributed by atoms with Gasteiger partial charge in [0.25, 0.3) is 0 Å². The number of rotatable bonds is 0. The monoisotopic (exact) mass is 340 g/mol. The van der Waals surface area contributed by atoms with Crippen molar-refractivity contribution in [1.82, 2.24) is 0 Å². The van der Waals surface area contributed by atoms with Crippen LogP contribution in [0, 0.1) is 13.8 Å². The summed E-state index contributed by atoms with van der Waals surface area (Å²) in [5.74, 6) is 5.02. The molecule has 21 heavy (non-hydrogen) atoms. The van der Waals surface area contributed by atoms with E-state index in [0.29, 0.717) is 0 Å². The Morgan fingerprint density at radius 3 is 2.24 bits per heavy atom. The third-order valence-electron chi connectivity index (χ3n) is 4.72. The molecule has 0 fully saturated rings. The fourth-order valence-corrected chi connectivity index (χ4v) is 9.12. The van der Waals surface area contributed by atoms with Gasteiger partial charge in [-0.1, -0.05) is 0 Å². The zero-order valence-corrected chi connectivity index (χ0v) is 14.7. The van der Waals surface area contributed by atoms with E-state index in [0.717, 1.165) is 0 Å². The average Bonchev–Trinajstić information content (AvgIpc) is 2.68. The van der Waals surface area contributed by atoms with Crippen molar-refractivity contribution in [3.05, 3.63) is 59.7 Å². The summed E-state index contributed by atoms with van der Waals surface area (Å²) in [7, 11) is 0. The number of aryl methyl sites for hydroxylation is 2. The third kappa shape index (κ3) is 1.68. The number of benzene rings is 3. The second-order valence-corrected chi connectivity index (χ2v) is 13.9. The van der Waals surface area contributed by atoms with Crippen LogP contribution in [0.15, 0.2) is 48.5 Å². The SMILES string of the molecule is Cc1ccc2c(c1)[Se](C)(C)c1cc(C)c3ccccc3c1-2. The van der Waals surface area contributed by atoms with Crippen LogP contribution in [0.2, 0.25) is 11.6 Å². The Morgan fingerprint density at radius 2 is 1.48 bits per heavy atom. The van der Waals surface area contributed by atoms with E-state index in [-0.39, 0.29) is 0 Å². The number of fused-ring (bicyclic) bond motifs is 5. The molecule has 0 aliphatic carbocycles. The van der Waals surface area contributed by atoms with Gasteiger partial charge >= 0.3 is 129 Å². The van der Waals surface area contributed by atoms with Crippen molar-refractivity contribution in [3.63, 3.8) is 0 Å². The van der Waals surface area contributed by atoms with Crippen LogP contribution in [0.4, 0.5) is 0 Å². The van der Waals surface area contributed by atoms with Crippen LogP contribution >= 0.6 is 0 Å². The summed E-state index contributed by atoms with van der Waals surface area (Å²) in [5.41, 5.74) is 5.79. The molecule has 0 N–H and O–H groups in total. The molecule has 3 aromatic carbocycles. The van der Waals surface area contributed by atoms with Crippen LogP contribution in [0.25, 0.3) is 21.9 Å². The Bertz CT molecular complexity index is 888. The van der Waals surface area contributed by atoms with Crippen molar-refractivity contribution in [2.24, 2.45) is 0 Å². The molecule has 3 aromatic rings. The van der Waals surface area contributed by atoms with E-state index < -0.39 is 12.8 Å². The second-order valence-electron chi connectivity index (χ2n) is 6.44. The molecule has 0 unspecified atom stereocenters. The van der Waals surface area contributed by atoms with Gasteiger partial charge in [0.05, 0.1) is 0 Å². The van der Waals surface area contributed by atoms with Crippen LogP contribution in [0.5, 0.6) is 0 Å². The molecule has 0 amide bonds. The zero-order chi connectivity index (χ0) is 14.8. The first kappa shape index (κ1) is 13.1. The van der Waals surface area contributed by atoms with Crippen molar-refractivity contribution >= 4 is 32.5 Å². The molecule has 0 spiro atoms. The van der Waals surface area contributed by atoms with Crippen LogP contribution < -0.4 is 8.92 Å². The van der Waals surface area contributed by atoms with Gasteiger partial charge in [0.2, 0.25) is 0 Å². The van der Waals surface area contributed by atoms with Gasteiger partial charge in [0.1, 0.15) is 0 Å². The summed E-state index contributed by atoms with van der Waals surface area (Å²) < 4.78 is 3.25. The van der Waals surface area contributed by atoms with Crippen molar-refractivity contribution < 1.29 is 0 Å². The normalized spacial score (nSPS) is 16.6. The molecule has 1 heterocycles. The van der Waals surface area contributed by atoms with Gasteiger partial charge in [0, 0.05) is 0 Å². The van der Waals surface area contributed by atoms with Gasteiger partial charge in [0.15, 0.2) is 0 Å². The predicted octanol–water partition coefficient (Wildman–Crippen LogP) is 4.26. The fourth-order valence-electron chi connectivity index (χ4n) is 3.58. The van der Waals surface area contributed by atoms with Crippen LogP contribution in [-0.4, -0.2) is 12.8 Å². The molecular formula is C20H20Se. The van der Waals surface area contributed by atoms with E-state index in [4.69, 9.17) is 0 Å². The standard InChI is InChI=1S/C20H20Se/c1-13-9-10-17-18(11-13)21(3,4)19-12-14(2)15-7-5-6-8-16(15)20(17)19/h5-12H,1-4H3. The quantitative estimate of drug-likeness (QED) is 0.537. The Balaban J connectivity index is 2.22. The summed E-state index contributed by atoms with van der Waals surface area (Å²) in [6.45, 7) is 4.46. The minimum atomic E-state index is -1.77. The van der Waals surface area contributed by atoms with Crippen molar-refractivity contribution in [1.29, 1.82) is 0 Å². The molecule has 0 nitrogen and oxygen atoms in total. The van der Waals surface area contributed by atoms with Gasteiger partial charge in [-0.25, -0.2) is 0 Å². The Hall–Kier alpha value is -1.56. The molecule has 0 bridgehead atoms. The molecule has 0 saturated heterocycles. The van der Waals surface area contributed by atoms with E-state index in [1.807, 2.05) is 0 Å². The number of hydrogen-bond donors (Lipinski definition) is 0. The molecule has 1 aliphatic heterocycles. The Kier molecular flexibility index (Phi) is 2.64. The van der Waals surface area contributed by atoms with Gasteiger partial charge in [-0.3, -0.25) is 0 Å². The van der Waals surface area contributed by atoms with Gasteiger partial charge < -0.3 is 0 Å². The maximum atomic E-state index is 2.51. The minimum absolute atomic E-state index is 1.38. The van der Waals surface area contributed by atoms with Crippen molar-refractivity contribution in [3.8, 4) is 11.1 Å². The van der Waals surface area contributed by atoms with Gasteiger partial charge in [-0.15, -0.1) is 0 Å². The van der Waals surface area contributed by atoms with Gasteiger partial charge in [-0.2, -0.15) is 0 Å². The number of hydrogen-bond acceptors (Lipinski definition) is 0. The first-order valence-corrected chi connectivity index (χ1v) is 12.5. The molecular weight excluding hydrogens is 319 g/mol. The molecule has 0 atom stereocenters. The fraction of sp³-hybridized carbons (Fsp3) is 0.200. The molecule has 0 radical (unpaired) electrons. The Morgan fingerprint density at radius 1 is 0.762 bits per heavy atom. The van der Waals surface area contributed by atoms with E-state index >= 15 is 0 Å². The summed E-state index contributed by atoms with van der Waals surface area (Å²) in [6.07, 6.45) is 0. The molecule has 0 saturated carbocycles. The summed E-state index contributed by atoms with van der Waals surface area (Å²) in [6, 6.07) is 18.4. The third-order valence-corrected chi connectivity index (χ3v) is 10.7. The summed E-state index contributed by atoms with van der Waals surface area (Å²) in [4.78, 5) is 0. The van der Waals surface area contributed by atoms with E-state index in [1.54, 1.807) is 8.92 Å². The molecule has 0 aromatic heterocycles.